The van der Waals surface area contributed by atoms with Crippen LogP contribution in [-0.2, 0) is 10.7 Å². The molecule has 0 bridgehead atoms. The monoisotopic (exact) mass is 224 g/mol. The maximum atomic E-state index is 12.8. The van der Waals surface area contributed by atoms with Crippen molar-refractivity contribution in [2.24, 2.45) is 0 Å². The van der Waals surface area contributed by atoms with Gasteiger partial charge in [0.2, 0.25) is 0 Å². The molecule has 0 spiro atoms. The van der Waals surface area contributed by atoms with Crippen LogP contribution in [-0.4, -0.2) is 11.1 Å². The van der Waals surface area contributed by atoms with Crippen molar-refractivity contribution in [3.63, 3.8) is 0 Å². The molecule has 0 radical (unpaired) electrons. The molecule has 0 aromatic heterocycles. The van der Waals surface area contributed by atoms with Gasteiger partial charge >= 0.3 is 11.9 Å². The van der Waals surface area contributed by atoms with Gasteiger partial charge in [-0.15, -0.1) is 0 Å². The normalized spacial score (nSPS) is 11.4. The Labute approximate surface area is 81.9 Å². The molecule has 2 nitrogen and oxygen atoms in total. The quantitative estimate of drug-likeness (QED) is 0.839. The van der Waals surface area contributed by atoms with E-state index in [1.165, 1.54) is 0 Å². The summed E-state index contributed by atoms with van der Waals surface area (Å²) in [5.74, 6) is -7.99. The lowest BCUT2D eigenvalue weighted by atomic mass is 10.1. The number of hydrogen-bond donors (Lipinski definition) is 1. The van der Waals surface area contributed by atoms with E-state index in [2.05, 4.69) is 0 Å². The molecule has 14 heavy (non-hydrogen) atoms. The van der Waals surface area contributed by atoms with Crippen LogP contribution in [0.15, 0.2) is 18.2 Å². The van der Waals surface area contributed by atoms with Crippen molar-refractivity contribution >= 4 is 17.6 Å². The van der Waals surface area contributed by atoms with E-state index in [9.17, 15) is 18.0 Å². The van der Waals surface area contributed by atoms with Crippen molar-refractivity contribution in [3.8, 4) is 0 Å². The summed E-state index contributed by atoms with van der Waals surface area (Å²) in [6.07, 6.45) is 0. The van der Waals surface area contributed by atoms with E-state index >= 15 is 0 Å². The second kappa shape index (κ2) is 3.49. The topological polar surface area (TPSA) is 37.3 Å². The summed E-state index contributed by atoms with van der Waals surface area (Å²) in [4.78, 5) is 10.1. The largest absolute Gasteiger partial charge is 0.477 e. The van der Waals surface area contributed by atoms with Crippen molar-refractivity contribution in [1.29, 1.82) is 0 Å². The van der Waals surface area contributed by atoms with Crippen LogP contribution in [0.1, 0.15) is 5.56 Å². The Morgan fingerprint density at radius 1 is 1.43 bits per heavy atom. The van der Waals surface area contributed by atoms with E-state index in [4.69, 9.17) is 16.7 Å². The van der Waals surface area contributed by atoms with E-state index in [1.807, 2.05) is 0 Å². The first-order chi connectivity index (χ1) is 6.35. The maximum Gasteiger partial charge on any atom is 0.379 e. The van der Waals surface area contributed by atoms with E-state index in [-0.39, 0.29) is 5.02 Å². The molecule has 6 heteroatoms. The summed E-state index contributed by atoms with van der Waals surface area (Å²) in [5, 5.41) is 8.00. The zero-order chi connectivity index (χ0) is 10.9. The van der Waals surface area contributed by atoms with Crippen molar-refractivity contribution in [3.05, 3.63) is 34.6 Å². The lowest BCUT2D eigenvalue weighted by Gasteiger charge is -2.12. The van der Waals surface area contributed by atoms with Crippen LogP contribution >= 0.6 is 11.6 Å². The Morgan fingerprint density at radius 3 is 2.50 bits per heavy atom. The Balaban J connectivity index is 3.31. The molecule has 0 aliphatic heterocycles. The number of aliphatic carboxylic acids is 1. The predicted molar refractivity (Wildman–Crippen MR) is 42.9 cm³/mol. The standard InChI is InChI=1S/C8H4ClF3O2/c9-4-1-2-6(10)5(3-4)8(11,12)7(13)14/h1-3H,(H,13,14). The first kappa shape index (κ1) is 10.8. The van der Waals surface area contributed by atoms with Crippen LogP contribution in [0.4, 0.5) is 13.2 Å². The molecule has 0 atom stereocenters. The minimum absolute atomic E-state index is 0.151. The molecular weight excluding hydrogens is 221 g/mol. The van der Waals surface area contributed by atoms with E-state index in [0.29, 0.717) is 12.1 Å². The molecule has 1 rings (SSSR count). The first-order valence-electron chi connectivity index (χ1n) is 3.42. The third kappa shape index (κ3) is 1.82. The van der Waals surface area contributed by atoms with Crippen molar-refractivity contribution in [1.82, 2.24) is 0 Å². The molecule has 0 aliphatic rings. The Bertz CT molecular complexity index is 379. The molecule has 0 heterocycles. The van der Waals surface area contributed by atoms with Crippen LogP contribution in [0.25, 0.3) is 0 Å². The average Bonchev–Trinajstić information content (AvgIpc) is 2.08. The van der Waals surface area contributed by atoms with Crippen LogP contribution in [0.5, 0.6) is 0 Å². The molecule has 0 amide bonds. The van der Waals surface area contributed by atoms with E-state index < -0.39 is 23.3 Å². The molecule has 76 valence electrons. The van der Waals surface area contributed by atoms with Gasteiger partial charge in [0, 0.05) is 5.02 Å². The molecule has 0 unspecified atom stereocenters. The van der Waals surface area contributed by atoms with Gasteiger partial charge in [0.1, 0.15) is 5.82 Å². The lowest BCUT2D eigenvalue weighted by molar-refractivity contribution is -0.166. The van der Waals surface area contributed by atoms with Crippen LogP contribution in [0, 0.1) is 5.82 Å². The van der Waals surface area contributed by atoms with Crippen LogP contribution in [0.3, 0.4) is 0 Å². The molecule has 0 fully saturated rings. The first-order valence-corrected chi connectivity index (χ1v) is 3.80. The van der Waals surface area contributed by atoms with Crippen molar-refractivity contribution < 1.29 is 23.1 Å². The fourth-order valence-electron chi connectivity index (χ4n) is 0.853. The van der Waals surface area contributed by atoms with Crippen molar-refractivity contribution in [2.45, 2.75) is 5.92 Å². The molecule has 1 aromatic rings. The Hall–Kier alpha value is -1.23. The number of benzene rings is 1. The molecule has 0 aliphatic carbocycles. The minimum atomic E-state index is -4.27. The third-order valence-electron chi connectivity index (χ3n) is 1.54. The lowest BCUT2D eigenvalue weighted by Crippen LogP contribution is -2.26. The molecule has 1 aromatic carbocycles. The number of carboxylic acids is 1. The van der Waals surface area contributed by atoms with Gasteiger partial charge in [0.15, 0.2) is 0 Å². The molecule has 1 N–H and O–H groups in total. The van der Waals surface area contributed by atoms with Gasteiger partial charge < -0.3 is 5.11 Å². The van der Waals surface area contributed by atoms with Gasteiger partial charge in [-0.1, -0.05) is 11.6 Å². The summed E-state index contributed by atoms with van der Waals surface area (Å²) in [7, 11) is 0. The summed E-state index contributed by atoms with van der Waals surface area (Å²) in [5.41, 5.74) is -1.24. The minimum Gasteiger partial charge on any atom is -0.477 e. The highest BCUT2D eigenvalue weighted by Crippen LogP contribution is 2.31. The van der Waals surface area contributed by atoms with Gasteiger partial charge in [-0.2, -0.15) is 8.78 Å². The van der Waals surface area contributed by atoms with Crippen LogP contribution in [0.2, 0.25) is 5.02 Å². The van der Waals surface area contributed by atoms with Gasteiger partial charge in [0.05, 0.1) is 5.56 Å². The average molecular weight is 225 g/mol. The SMILES string of the molecule is O=C(O)C(F)(F)c1cc(Cl)ccc1F. The predicted octanol–water partition coefficient (Wildman–Crippen LogP) is 2.66. The Kier molecular flexibility index (Phi) is 2.71. The summed E-state index contributed by atoms with van der Waals surface area (Å²) < 4.78 is 38.5. The number of alkyl halides is 2. The van der Waals surface area contributed by atoms with E-state index in [0.717, 1.165) is 6.07 Å². The Morgan fingerprint density at radius 2 is 2.00 bits per heavy atom. The zero-order valence-corrected chi connectivity index (χ0v) is 7.36. The summed E-state index contributed by atoms with van der Waals surface area (Å²) >= 11 is 5.33. The van der Waals surface area contributed by atoms with Gasteiger partial charge in [-0.3, -0.25) is 0 Å². The summed E-state index contributed by atoms with van der Waals surface area (Å²) in [6.45, 7) is 0. The number of rotatable bonds is 2. The second-order valence-corrected chi connectivity index (χ2v) is 2.94. The van der Waals surface area contributed by atoms with Gasteiger partial charge in [0.25, 0.3) is 0 Å². The zero-order valence-electron chi connectivity index (χ0n) is 6.60. The molecule has 0 saturated heterocycles. The number of carbonyl (C=O) groups is 1. The van der Waals surface area contributed by atoms with Crippen LogP contribution < -0.4 is 0 Å². The molecular formula is C8H4ClF3O2. The second-order valence-electron chi connectivity index (χ2n) is 2.50. The van der Waals surface area contributed by atoms with E-state index in [1.54, 1.807) is 0 Å². The smallest absolute Gasteiger partial charge is 0.379 e. The highest BCUT2D eigenvalue weighted by Gasteiger charge is 2.43. The highest BCUT2D eigenvalue weighted by atomic mass is 35.5. The van der Waals surface area contributed by atoms with Gasteiger partial charge in [-0.25, -0.2) is 9.18 Å². The highest BCUT2D eigenvalue weighted by molar-refractivity contribution is 6.30. The van der Waals surface area contributed by atoms with Gasteiger partial charge in [-0.05, 0) is 18.2 Å². The fraction of sp³-hybridized carbons (Fsp3) is 0.125. The third-order valence-corrected chi connectivity index (χ3v) is 1.77. The molecule has 0 saturated carbocycles. The number of hydrogen-bond acceptors (Lipinski definition) is 1. The summed E-state index contributed by atoms with van der Waals surface area (Å²) in [6, 6.07) is 2.33. The number of carboxylic acid groups (broad SMARTS) is 1. The number of halogens is 4. The van der Waals surface area contributed by atoms with Crippen molar-refractivity contribution in [2.75, 3.05) is 0 Å². The maximum absolute atomic E-state index is 12.8. The fourth-order valence-corrected chi connectivity index (χ4v) is 1.03.